The molecule has 4 rings (SSSR count). The van der Waals surface area contributed by atoms with E-state index in [2.05, 4.69) is 0 Å². The minimum absolute atomic E-state index is 0.0224. The summed E-state index contributed by atoms with van der Waals surface area (Å²) in [6.45, 7) is 2.30. The van der Waals surface area contributed by atoms with Gasteiger partial charge in [-0.1, -0.05) is 42.5 Å². The lowest BCUT2D eigenvalue weighted by molar-refractivity contribution is 0.0296. The molecule has 0 aliphatic carbocycles. The predicted molar refractivity (Wildman–Crippen MR) is 114 cm³/mol. The van der Waals surface area contributed by atoms with Crippen molar-refractivity contribution < 1.29 is 24.1 Å². The summed E-state index contributed by atoms with van der Waals surface area (Å²) in [5.41, 5.74) is 0.492. The zero-order chi connectivity index (χ0) is 20.8. The number of hydrogen-bond acceptors (Lipinski definition) is 5. The van der Waals surface area contributed by atoms with Crippen LogP contribution in [0.2, 0.25) is 0 Å². The lowest BCUT2D eigenvalue weighted by Gasteiger charge is -2.27. The van der Waals surface area contributed by atoms with Gasteiger partial charge in [0.15, 0.2) is 0 Å². The SMILES string of the molecule is O=C(c1cc2ccccc2cc1OC[C@H](O)COc1ccccc1)N1CCOCC1. The molecule has 1 saturated heterocycles. The maximum Gasteiger partial charge on any atom is 0.257 e. The molecular formula is C24H25NO5. The number of aliphatic hydroxyl groups is 1. The quantitative estimate of drug-likeness (QED) is 0.652. The van der Waals surface area contributed by atoms with Crippen molar-refractivity contribution >= 4 is 16.7 Å². The molecule has 0 aromatic heterocycles. The Balaban J connectivity index is 1.49. The van der Waals surface area contributed by atoms with Crippen molar-refractivity contribution in [2.24, 2.45) is 0 Å². The second-order valence-corrected chi connectivity index (χ2v) is 7.19. The zero-order valence-corrected chi connectivity index (χ0v) is 16.7. The van der Waals surface area contributed by atoms with E-state index in [1.165, 1.54) is 0 Å². The van der Waals surface area contributed by atoms with Crippen molar-refractivity contribution in [1.82, 2.24) is 4.90 Å². The number of fused-ring (bicyclic) bond motifs is 1. The van der Waals surface area contributed by atoms with Crippen LogP contribution in [0.15, 0.2) is 66.7 Å². The fraction of sp³-hybridized carbons (Fsp3) is 0.292. The highest BCUT2D eigenvalue weighted by atomic mass is 16.5. The van der Waals surface area contributed by atoms with Crippen molar-refractivity contribution in [3.63, 3.8) is 0 Å². The third-order valence-corrected chi connectivity index (χ3v) is 4.99. The Labute approximate surface area is 175 Å². The summed E-state index contributed by atoms with van der Waals surface area (Å²) in [4.78, 5) is 14.9. The molecule has 3 aromatic rings. The van der Waals surface area contributed by atoms with Crippen LogP contribution >= 0.6 is 0 Å². The summed E-state index contributed by atoms with van der Waals surface area (Å²) in [6.07, 6.45) is -0.831. The summed E-state index contributed by atoms with van der Waals surface area (Å²) in [7, 11) is 0. The van der Waals surface area contributed by atoms with Gasteiger partial charge in [0.25, 0.3) is 5.91 Å². The van der Waals surface area contributed by atoms with Gasteiger partial charge in [-0.3, -0.25) is 4.79 Å². The number of aliphatic hydroxyl groups excluding tert-OH is 1. The Morgan fingerprint density at radius 2 is 1.57 bits per heavy atom. The minimum atomic E-state index is -0.831. The highest BCUT2D eigenvalue weighted by Crippen LogP contribution is 2.28. The van der Waals surface area contributed by atoms with E-state index in [9.17, 15) is 9.90 Å². The van der Waals surface area contributed by atoms with Crippen molar-refractivity contribution in [2.45, 2.75) is 6.10 Å². The first kappa shape index (κ1) is 20.2. The maximum atomic E-state index is 13.1. The molecule has 1 amide bonds. The Kier molecular flexibility index (Phi) is 6.47. The number of ether oxygens (including phenoxy) is 3. The third-order valence-electron chi connectivity index (χ3n) is 4.99. The van der Waals surface area contributed by atoms with E-state index in [4.69, 9.17) is 14.2 Å². The van der Waals surface area contributed by atoms with Gasteiger partial charge >= 0.3 is 0 Å². The third kappa shape index (κ3) is 4.90. The number of carbonyl (C=O) groups excluding carboxylic acids is 1. The number of rotatable bonds is 7. The molecule has 0 spiro atoms. The van der Waals surface area contributed by atoms with Gasteiger partial charge in [-0.25, -0.2) is 0 Å². The van der Waals surface area contributed by atoms with E-state index in [0.717, 1.165) is 10.8 Å². The molecule has 1 atom stereocenters. The van der Waals surface area contributed by atoms with Crippen molar-refractivity contribution in [2.75, 3.05) is 39.5 Å². The molecule has 6 heteroatoms. The molecule has 1 aliphatic rings. The topological polar surface area (TPSA) is 68.2 Å². The number of morpholine rings is 1. The molecule has 1 N–H and O–H groups in total. The highest BCUT2D eigenvalue weighted by Gasteiger charge is 2.23. The van der Waals surface area contributed by atoms with Crippen LogP contribution in [0.1, 0.15) is 10.4 Å². The fourth-order valence-electron chi connectivity index (χ4n) is 3.39. The van der Waals surface area contributed by atoms with Gasteiger partial charge in [0.05, 0.1) is 18.8 Å². The van der Waals surface area contributed by atoms with Gasteiger partial charge in [0, 0.05) is 13.1 Å². The van der Waals surface area contributed by atoms with E-state index in [1.807, 2.05) is 66.7 Å². The molecule has 0 saturated carbocycles. The lowest BCUT2D eigenvalue weighted by atomic mass is 10.0. The Hall–Kier alpha value is -3.09. The average Bonchev–Trinajstić information content (AvgIpc) is 2.81. The van der Waals surface area contributed by atoms with E-state index in [1.54, 1.807) is 4.90 Å². The van der Waals surface area contributed by atoms with Crippen LogP contribution in [0.4, 0.5) is 0 Å². The lowest BCUT2D eigenvalue weighted by Crippen LogP contribution is -2.40. The molecule has 0 radical (unpaired) electrons. The van der Waals surface area contributed by atoms with Crippen LogP contribution < -0.4 is 9.47 Å². The molecule has 1 aliphatic heterocycles. The molecule has 30 heavy (non-hydrogen) atoms. The number of nitrogens with zero attached hydrogens (tertiary/aromatic N) is 1. The van der Waals surface area contributed by atoms with Gasteiger partial charge in [-0.05, 0) is 35.0 Å². The fourth-order valence-corrected chi connectivity index (χ4v) is 3.39. The van der Waals surface area contributed by atoms with Crippen LogP contribution in [0.3, 0.4) is 0 Å². The smallest absolute Gasteiger partial charge is 0.257 e. The number of benzene rings is 3. The van der Waals surface area contributed by atoms with Gasteiger partial charge in [-0.15, -0.1) is 0 Å². The highest BCUT2D eigenvalue weighted by molar-refractivity contribution is 6.01. The van der Waals surface area contributed by atoms with E-state index >= 15 is 0 Å². The van der Waals surface area contributed by atoms with Crippen molar-refractivity contribution in [3.8, 4) is 11.5 Å². The van der Waals surface area contributed by atoms with Crippen LogP contribution in [-0.4, -0.2) is 61.5 Å². The second kappa shape index (κ2) is 9.61. The number of hydrogen-bond donors (Lipinski definition) is 1. The summed E-state index contributed by atoms with van der Waals surface area (Å²) in [5.74, 6) is 1.06. The van der Waals surface area contributed by atoms with E-state index < -0.39 is 6.10 Å². The minimum Gasteiger partial charge on any atom is -0.491 e. The van der Waals surface area contributed by atoms with Gasteiger partial charge in [-0.2, -0.15) is 0 Å². The molecule has 1 fully saturated rings. The molecule has 6 nitrogen and oxygen atoms in total. The van der Waals surface area contributed by atoms with Crippen molar-refractivity contribution in [3.05, 3.63) is 72.3 Å². The van der Waals surface area contributed by atoms with Gasteiger partial charge in [0.2, 0.25) is 0 Å². The summed E-state index contributed by atoms with van der Waals surface area (Å²) in [5, 5.41) is 12.2. The van der Waals surface area contributed by atoms with E-state index in [-0.39, 0.29) is 19.1 Å². The molecule has 0 unspecified atom stereocenters. The van der Waals surface area contributed by atoms with Crippen LogP contribution in [-0.2, 0) is 4.74 Å². The molecule has 3 aromatic carbocycles. The molecular weight excluding hydrogens is 382 g/mol. The zero-order valence-electron chi connectivity index (χ0n) is 16.7. The first-order valence-electron chi connectivity index (χ1n) is 10.1. The molecule has 0 bridgehead atoms. The van der Waals surface area contributed by atoms with Crippen LogP contribution in [0.5, 0.6) is 11.5 Å². The Morgan fingerprint density at radius 3 is 2.30 bits per heavy atom. The molecule has 156 valence electrons. The second-order valence-electron chi connectivity index (χ2n) is 7.19. The van der Waals surface area contributed by atoms with E-state index in [0.29, 0.717) is 43.4 Å². The number of carbonyl (C=O) groups is 1. The first-order chi connectivity index (χ1) is 14.7. The Morgan fingerprint density at radius 1 is 0.933 bits per heavy atom. The summed E-state index contributed by atoms with van der Waals surface area (Å²) >= 11 is 0. The summed E-state index contributed by atoms with van der Waals surface area (Å²) < 4.78 is 16.8. The standard InChI is InChI=1S/C24H25NO5/c26-20(16-29-21-8-2-1-3-9-21)17-30-23-15-19-7-5-4-6-18(19)14-22(23)24(27)25-10-12-28-13-11-25/h1-9,14-15,20,26H,10-13,16-17H2/t20-/m1/s1. The van der Waals surface area contributed by atoms with Gasteiger partial charge < -0.3 is 24.2 Å². The van der Waals surface area contributed by atoms with Crippen LogP contribution in [0, 0.1) is 0 Å². The summed E-state index contributed by atoms with van der Waals surface area (Å²) in [6, 6.07) is 20.8. The van der Waals surface area contributed by atoms with Gasteiger partial charge in [0.1, 0.15) is 30.8 Å². The first-order valence-corrected chi connectivity index (χ1v) is 10.1. The predicted octanol–water partition coefficient (Wildman–Crippen LogP) is 3.13. The number of amides is 1. The monoisotopic (exact) mass is 407 g/mol. The normalized spacial score (nSPS) is 15.0. The average molecular weight is 407 g/mol. The number of para-hydroxylation sites is 1. The largest absolute Gasteiger partial charge is 0.491 e. The Bertz CT molecular complexity index is 985. The molecule has 1 heterocycles. The van der Waals surface area contributed by atoms with Crippen molar-refractivity contribution in [1.29, 1.82) is 0 Å². The maximum absolute atomic E-state index is 13.1. The van der Waals surface area contributed by atoms with Crippen LogP contribution in [0.25, 0.3) is 10.8 Å².